The molecule has 16 heavy (non-hydrogen) atoms. The first kappa shape index (κ1) is 14.1. The van der Waals surface area contributed by atoms with Crippen LogP contribution in [0.2, 0.25) is 0 Å². The monoisotopic (exact) mass is 302 g/mol. The van der Waals surface area contributed by atoms with E-state index < -0.39 is 0 Å². The molecule has 0 aliphatic carbocycles. The van der Waals surface area contributed by atoms with E-state index >= 15 is 0 Å². The van der Waals surface area contributed by atoms with Gasteiger partial charge in [0.2, 0.25) is 0 Å². The van der Waals surface area contributed by atoms with E-state index in [0.717, 1.165) is 4.47 Å². The molecule has 0 nitrogen and oxygen atoms in total. The molecule has 1 rings (SSSR count). The van der Waals surface area contributed by atoms with Crippen molar-refractivity contribution < 1.29 is 0 Å². The van der Waals surface area contributed by atoms with Gasteiger partial charge in [-0.2, -0.15) is 0 Å². The molecule has 0 aliphatic heterocycles. The highest BCUT2D eigenvalue weighted by Gasteiger charge is 2.19. The Morgan fingerprint density at radius 1 is 1.06 bits per heavy atom. The third kappa shape index (κ3) is 4.10. The van der Waals surface area contributed by atoms with Gasteiger partial charge in [0, 0.05) is 4.47 Å². The topological polar surface area (TPSA) is 0 Å². The average Bonchev–Trinajstić information content (AvgIpc) is 2.29. The number of alkyl halides is 1. The zero-order valence-electron chi connectivity index (χ0n) is 10.0. The second-order valence-electron chi connectivity index (χ2n) is 4.29. The second kappa shape index (κ2) is 7.34. The summed E-state index contributed by atoms with van der Waals surface area (Å²) < 4.78 is 1.11. The third-order valence-corrected chi connectivity index (χ3v) is 4.06. The minimum Gasteiger partial charge on any atom is -0.118 e. The molecule has 0 spiro atoms. The average molecular weight is 304 g/mol. The molecular formula is C14H20BrCl. The van der Waals surface area contributed by atoms with Gasteiger partial charge in [0.1, 0.15) is 0 Å². The fourth-order valence-corrected chi connectivity index (χ4v) is 2.76. The molecule has 0 saturated carbocycles. The maximum absolute atomic E-state index is 6.57. The number of halogens is 2. The molecule has 0 saturated heterocycles. The van der Waals surface area contributed by atoms with Gasteiger partial charge >= 0.3 is 0 Å². The minimum absolute atomic E-state index is 0.160. The highest BCUT2D eigenvalue weighted by Crippen LogP contribution is 2.35. The van der Waals surface area contributed by atoms with Crippen molar-refractivity contribution in [3.8, 4) is 0 Å². The SMILES string of the molecule is CCCC(CCC)C(Cl)c1ccc(Br)cc1. The molecule has 0 N–H and O–H groups in total. The first-order chi connectivity index (χ1) is 7.69. The summed E-state index contributed by atoms with van der Waals surface area (Å²) in [6.07, 6.45) is 4.87. The van der Waals surface area contributed by atoms with Crippen LogP contribution in [0.25, 0.3) is 0 Å². The molecule has 1 aromatic rings. The van der Waals surface area contributed by atoms with E-state index in [1.165, 1.54) is 31.2 Å². The molecule has 0 aromatic heterocycles. The van der Waals surface area contributed by atoms with Gasteiger partial charge < -0.3 is 0 Å². The van der Waals surface area contributed by atoms with Crippen molar-refractivity contribution in [2.45, 2.75) is 44.9 Å². The molecule has 2 heteroatoms. The van der Waals surface area contributed by atoms with Crippen molar-refractivity contribution in [2.24, 2.45) is 5.92 Å². The molecule has 1 atom stereocenters. The van der Waals surface area contributed by atoms with Gasteiger partial charge in [0.05, 0.1) is 5.38 Å². The number of rotatable bonds is 6. The summed E-state index contributed by atoms with van der Waals surface area (Å²) in [7, 11) is 0. The van der Waals surface area contributed by atoms with Gasteiger partial charge in [-0.05, 0) is 36.5 Å². The quantitative estimate of drug-likeness (QED) is 0.570. The fourth-order valence-electron chi connectivity index (χ4n) is 2.10. The lowest BCUT2D eigenvalue weighted by Gasteiger charge is -2.21. The highest BCUT2D eigenvalue weighted by atomic mass is 79.9. The maximum atomic E-state index is 6.57. The van der Waals surface area contributed by atoms with Crippen molar-refractivity contribution in [3.05, 3.63) is 34.3 Å². The van der Waals surface area contributed by atoms with Gasteiger partial charge in [-0.3, -0.25) is 0 Å². The Morgan fingerprint density at radius 2 is 1.56 bits per heavy atom. The van der Waals surface area contributed by atoms with Crippen molar-refractivity contribution in [1.29, 1.82) is 0 Å². The van der Waals surface area contributed by atoms with Gasteiger partial charge in [0.25, 0.3) is 0 Å². The lowest BCUT2D eigenvalue weighted by atomic mass is 9.90. The maximum Gasteiger partial charge on any atom is 0.0613 e. The molecule has 1 unspecified atom stereocenters. The van der Waals surface area contributed by atoms with Crippen LogP contribution in [-0.4, -0.2) is 0 Å². The lowest BCUT2D eigenvalue weighted by molar-refractivity contribution is 0.426. The van der Waals surface area contributed by atoms with Crippen LogP contribution in [0.15, 0.2) is 28.7 Å². The lowest BCUT2D eigenvalue weighted by Crippen LogP contribution is -2.07. The molecule has 0 radical (unpaired) electrons. The van der Waals surface area contributed by atoms with E-state index in [1.807, 2.05) is 0 Å². The fraction of sp³-hybridized carbons (Fsp3) is 0.571. The van der Waals surface area contributed by atoms with Crippen LogP contribution in [0, 0.1) is 5.92 Å². The summed E-state index contributed by atoms with van der Waals surface area (Å²) in [5.74, 6) is 0.609. The van der Waals surface area contributed by atoms with E-state index in [2.05, 4.69) is 54.0 Å². The summed E-state index contributed by atoms with van der Waals surface area (Å²) in [4.78, 5) is 0. The molecular weight excluding hydrogens is 284 g/mol. The second-order valence-corrected chi connectivity index (χ2v) is 5.68. The van der Waals surface area contributed by atoms with Crippen LogP contribution in [0.5, 0.6) is 0 Å². The number of benzene rings is 1. The van der Waals surface area contributed by atoms with Gasteiger partial charge in [-0.25, -0.2) is 0 Å². The molecule has 0 fully saturated rings. The molecule has 0 aliphatic rings. The Balaban J connectivity index is 2.72. The summed E-state index contributed by atoms with van der Waals surface area (Å²) in [5.41, 5.74) is 1.25. The van der Waals surface area contributed by atoms with E-state index in [-0.39, 0.29) is 5.38 Å². The normalized spacial score (nSPS) is 13.1. The van der Waals surface area contributed by atoms with Crippen molar-refractivity contribution in [1.82, 2.24) is 0 Å². The summed E-state index contributed by atoms with van der Waals surface area (Å²) in [6.45, 7) is 4.46. The Labute approximate surface area is 113 Å². The molecule has 0 heterocycles. The minimum atomic E-state index is 0.160. The highest BCUT2D eigenvalue weighted by molar-refractivity contribution is 9.10. The van der Waals surface area contributed by atoms with E-state index in [0.29, 0.717) is 5.92 Å². The van der Waals surface area contributed by atoms with Gasteiger partial charge in [-0.1, -0.05) is 54.8 Å². The summed E-state index contributed by atoms with van der Waals surface area (Å²) in [6, 6.07) is 8.39. The molecule has 1 aromatic carbocycles. The Kier molecular flexibility index (Phi) is 6.45. The number of hydrogen-bond donors (Lipinski definition) is 0. The van der Waals surface area contributed by atoms with Crippen LogP contribution < -0.4 is 0 Å². The Morgan fingerprint density at radius 3 is 2.00 bits per heavy atom. The molecule has 90 valence electrons. The first-order valence-electron chi connectivity index (χ1n) is 6.08. The smallest absolute Gasteiger partial charge is 0.0613 e. The first-order valence-corrected chi connectivity index (χ1v) is 7.31. The Bertz CT molecular complexity index is 288. The molecule has 0 amide bonds. The zero-order chi connectivity index (χ0) is 12.0. The third-order valence-electron chi connectivity index (χ3n) is 2.92. The van der Waals surface area contributed by atoms with E-state index in [4.69, 9.17) is 11.6 Å². The van der Waals surface area contributed by atoms with E-state index in [1.54, 1.807) is 0 Å². The number of hydrogen-bond acceptors (Lipinski definition) is 0. The van der Waals surface area contributed by atoms with Crippen LogP contribution in [0.3, 0.4) is 0 Å². The standard InChI is InChI=1S/C14H20BrCl/c1-3-5-11(6-4-2)14(16)12-7-9-13(15)10-8-12/h7-11,14H,3-6H2,1-2H3. The van der Waals surface area contributed by atoms with Crippen LogP contribution in [-0.2, 0) is 0 Å². The van der Waals surface area contributed by atoms with Crippen LogP contribution in [0.1, 0.15) is 50.5 Å². The van der Waals surface area contributed by atoms with Gasteiger partial charge in [0.15, 0.2) is 0 Å². The predicted octanol–water partition coefficient (Wildman–Crippen LogP) is 5.95. The largest absolute Gasteiger partial charge is 0.118 e. The predicted molar refractivity (Wildman–Crippen MR) is 76.0 cm³/mol. The van der Waals surface area contributed by atoms with E-state index in [9.17, 15) is 0 Å². The van der Waals surface area contributed by atoms with Crippen molar-refractivity contribution in [3.63, 3.8) is 0 Å². The van der Waals surface area contributed by atoms with Crippen LogP contribution in [0.4, 0.5) is 0 Å². The summed E-state index contributed by atoms with van der Waals surface area (Å²) >= 11 is 10.0. The van der Waals surface area contributed by atoms with Crippen molar-refractivity contribution in [2.75, 3.05) is 0 Å². The Hall–Kier alpha value is -0.0100. The van der Waals surface area contributed by atoms with Crippen LogP contribution >= 0.6 is 27.5 Å². The zero-order valence-corrected chi connectivity index (χ0v) is 12.4. The van der Waals surface area contributed by atoms with Gasteiger partial charge in [-0.15, -0.1) is 11.6 Å². The van der Waals surface area contributed by atoms with Crippen molar-refractivity contribution >= 4 is 27.5 Å². The summed E-state index contributed by atoms with van der Waals surface area (Å²) in [5, 5.41) is 0.160. The molecule has 0 bridgehead atoms.